The summed E-state index contributed by atoms with van der Waals surface area (Å²) in [5.74, 6) is -0.00491. The van der Waals surface area contributed by atoms with Crippen LogP contribution < -0.4 is 5.32 Å². The molecule has 0 atom stereocenters. The van der Waals surface area contributed by atoms with Gasteiger partial charge >= 0.3 is 0 Å². The van der Waals surface area contributed by atoms with Crippen molar-refractivity contribution in [1.82, 2.24) is 0 Å². The minimum absolute atomic E-state index is 0.00491. The molecule has 0 aliphatic carbocycles. The molecule has 2 heteroatoms. The van der Waals surface area contributed by atoms with Gasteiger partial charge in [-0.05, 0) is 36.3 Å². The van der Waals surface area contributed by atoms with Crippen molar-refractivity contribution < 1.29 is 4.79 Å². The summed E-state index contributed by atoms with van der Waals surface area (Å²) in [6.45, 7) is 4.44. The van der Waals surface area contributed by atoms with Gasteiger partial charge in [0.2, 0.25) is 0 Å². The molecular weight excluding hydrogens is 162 g/mol. The fourth-order valence-electron chi connectivity index (χ4n) is 1.58. The van der Waals surface area contributed by atoms with Crippen LogP contribution in [0.15, 0.2) is 30.9 Å². The highest BCUT2D eigenvalue weighted by Crippen LogP contribution is 2.23. The molecular formula is C11H11NO. The number of carbonyl (C=O) groups is 1. The van der Waals surface area contributed by atoms with Crippen molar-refractivity contribution in [2.45, 2.75) is 6.42 Å². The standard InChI is InChI=1S/C11H11NO/c1-2-11(13)9-3-4-10-8(7-9)5-6-12-10/h2-4,7,12H,1,5-6H2. The molecule has 0 unspecified atom stereocenters. The average molecular weight is 173 g/mol. The maximum absolute atomic E-state index is 11.3. The Labute approximate surface area is 77.3 Å². The molecule has 0 radical (unpaired) electrons. The maximum atomic E-state index is 11.3. The molecule has 1 aliphatic rings. The first-order valence-corrected chi connectivity index (χ1v) is 4.35. The van der Waals surface area contributed by atoms with Crippen LogP contribution in [0.25, 0.3) is 0 Å². The van der Waals surface area contributed by atoms with Crippen LogP contribution in [0, 0.1) is 0 Å². The van der Waals surface area contributed by atoms with Crippen LogP contribution in [-0.4, -0.2) is 12.3 Å². The Bertz CT molecular complexity index is 368. The lowest BCUT2D eigenvalue weighted by molar-refractivity contribution is 0.104. The highest BCUT2D eigenvalue weighted by atomic mass is 16.1. The van der Waals surface area contributed by atoms with Crippen LogP contribution in [0.3, 0.4) is 0 Å². The molecule has 0 spiro atoms. The van der Waals surface area contributed by atoms with Crippen molar-refractivity contribution in [2.75, 3.05) is 11.9 Å². The lowest BCUT2D eigenvalue weighted by Gasteiger charge is -2.00. The molecule has 0 fully saturated rings. The number of rotatable bonds is 2. The van der Waals surface area contributed by atoms with Gasteiger partial charge in [-0.3, -0.25) is 4.79 Å². The Morgan fingerprint density at radius 2 is 2.38 bits per heavy atom. The fraction of sp³-hybridized carbons (Fsp3) is 0.182. The molecule has 2 rings (SSSR count). The number of allylic oxidation sites excluding steroid dienone is 1. The van der Waals surface area contributed by atoms with Crippen LogP contribution in [0.5, 0.6) is 0 Å². The molecule has 2 nitrogen and oxygen atoms in total. The van der Waals surface area contributed by atoms with Gasteiger partial charge in [-0.25, -0.2) is 0 Å². The van der Waals surface area contributed by atoms with Crippen LogP contribution in [0.4, 0.5) is 5.69 Å². The molecule has 66 valence electrons. The zero-order chi connectivity index (χ0) is 9.26. The zero-order valence-corrected chi connectivity index (χ0v) is 7.34. The molecule has 0 saturated heterocycles. The lowest BCUT2D eigenvalue weighted by Crippen LogP contribution is -1.94. The topological polar surface area (TPSA) is 29.1 Å². The van der Waals surface area contributed by atoms with E-state index in [1.807, 2.05) is 18.2 Å². The Balaban J connectivity index is 2.41. The first kappa shape index (κ1) is 8.05. The highest BCUT2D eigenvalue weighted by molar-refractivity contribution is 6.04. The Kier molecular flexibility index (Phi) is 1.89. The summed E-state index contributed by atoms with van der Waals surface area (Å²) in [5, 5.41) is 3.25. The smallest absolute Gasteiger partial charge is 0.185 e. The summed E-state index contributed by atoms with van der Waals surface area (Å²) >= 11 is 0. The normalized spacial score (nSPS) is 13.2. The van der Waals surface area contributed by atoms with Gasteiger partial charge in [-0.2, -0.15) is 0 Å². The second-order valence-corrected chi connectivity index (χ2v) is 3.12. The van der Waals surface area contributed by atoms with Crippen molar-refractivity contribution in [1.29, 1.82) is 0 Å². The number of hydrogen-bond donors (Lipinski definition) is 1. The Morgan fingerprint density at radius 1 is 1.54 bits per heavy atom. The number of anilines is 1. The predicted octanol–water partition coefficient (Wildman–Crippen LogP) is 2.02. The van der Waals surface area contributed by atoms with E-state index in [0.717, 1.165) is 24.2 Å². The van der Waals surface area contributed by atoms with Crippen molar-refractivity contribution >= 4 is 11.5 Å². The van der Waals surface area contributed by atoms with Gasteiger partial charge in [-0.15, -0.1) is 0 Å². The molecule has 1 aromatic carbocycles. The maximum Gasteiger partial charge on any atom is 0.185 e. The third kappa shape index (κ3) is 1.35. The molecule has 1 aromatic rings. The second kappa shape index (κ2) is 3.05. The summed E-state index contributed by atoms with van der Waals surface area (Å²) in [6, 6.07) is 5.74. The summed E-state index contributed by atoms with van der Waals surface area (Å²) in [5.41, 5.74) is 3.12. The number of benzene rings is 1. The second-order valence-electron chi connectivity index (χ2n) is 3.12. The van der Waals surface area contributed by atoms with E-state index < -0.39 is 0 Å². The van der Waals surface area contributed by atoms with Gasteiger partial charge in [0.15, 0.2) is 5.78 Å². The van der Waals surface area contributed by atoms with Gasteiger partial charge in [0, 0.05) is 17.8 Å². The summed E-state index contributed by atoms with van der Waals surface area (Å²) in [7, 11) is 0. The van der Waals surface area contributed by atoms with Crippen molar-refractivity contribution in [3.05, 3.63) is 42.0 Å². The van der Waals surface area contributed by atoms with Gasteiger partial charge < -0.3 is 5.32 Å². The van der Waals surface area contributed by atoms with E-state index in [4.69, 9.17) is 0 Å². The van der Waals surface area contributed by atoms with E-state index in [-0.39, 0.29) is 5.78 Å². The van der Waals surface area contributed by atoms with Gasteiger partial charge in [0.05, 0.1) is 0 Å². The van der Waals surface area contributed by atoms with E-state index in [9.17, 15) is 4.79 Å². The molecule has 0 aromatic heterocycles. The first-order chi connectivity index (χ1) is 6.31. The number of ketones is 1. The molecule has 0 bridgehead atoms. The van der Waals surface area contributed by atoms with Gasteiger partial charge in [-0.1, -0.05) is 6.58 Å². The van der Waals surface area contributed by atoms with E-state index in [2.05, 4.69) is 11.9 Å². The quantitative estimate of drug-likeness (QED) is 0.547. The molecule has 1 aliphatic heterocycles. The van der Waals surface area contributed by atoms with Crippen molar-refractivity contribution in [2.24, 2.45) is 0 Å². The monoisotopic (exact) mass is 173 g/mol. The molecule has 1 heterocycles. The predicted molar refractivity (Wildman–Crippen MR) is 53.2 cm³/mol. The van der Waals surface area contributed by atoms with E-state index in [1.165, 1.54) is 11.6 Å². The van der Waals surface area contributed by atoms with E-state index in [0.29, 0.717) is 0 Å². The average Bonchev–Trinajstić information content (AvgIpc) is 2.63. The fourth-order valence-corrected chi connectivity index (χ4v) is 1.58. The largest absolute Gasteiger partial charge is 0.384 e. The number of hydrogen-bond acceptors (Lipinski definition) is 2. The summed E-state index contributed by atoms with van der Waals surface area (Å²) in [6.07, 6.45) is 2.36. The van der Waals surface area contributed by atoms with Crippen molar-refractivity contribution in [3.8, 4) is 0 Å². The summed E-state index contributed by atoms with van der Waals surface area (Å²) in [4.78, 5) is 11.3. The zero-order valence-electron chi connectivity index (χ0n) is 7.34. The van der Waals surface area contributed by atoms with E-state index >= 15 is 0 Å². The van der Waals surface area contributed by atoms with E-state index in [1.54, 1.807) is 0 Å². The van der Waals surface area contributed by atoms with Gasteiger partial charge in [0.25, 0.3) is 0 Å². The third-order valence-corrected chi connectivity index (χ3v) is 2.28. The third-order valence-electron chi connectivity index (χ3n) is 2.28. The van der Waals surface area contributed by atoms with Crippen LogP contribution >= 0.6 is 0 Å². The van der Waals surface area contributed by atoms with Crippen molar-refractivity contribution in [3.63, 3.8) is 0 Å². The highest BCUT2D eigenvalue weighted by Gasteiger charge is 2.11. The summed E-state index contributed by atoms with van der Waals surface area (Å²) < 4.78 is 0. The number of carbonyl (C=O) groups excluding carboxylic acids is 1. The molecule has 0 saturated carbocycles. The first-order valence-electron chi connectivity index (χ1n) is 4.35. The van der Waals surface area contributed by atoms with Crippen LogP contribution in [-0.2, 0) is 6.42 Å². The number of nitrogens with one attached hydrogen (secondary N) is 1. The lowest BCUT2D eigenvalue weighted by atomic mass is 10.1. The minimum atomic E-state index is -0.00491. The molecule has 0 amide bonds. The minimum Gasteiger partial charge on any atom is -0.384 e. The SMILES string of the molecule is C=CC(=O)c1ccc2c(c1)CCN2. The van der Waals surface area contributed by atoms with Crippen LogP contribution in [0.2, 0.25) is 0 Å². The molecule has 13 heavy (non-hydrogen) atoms. The Hall–Kier alpha value is -1.57. The molecule has 1 N–H and O–H groups in total. The Morgan fingerprint density at radius 3 is 3.15 bits per heavy atom. The number of fused-ring (bicyclic) bond motifs is 1. The van der Waals surface area contributed by atoms with Crippen LogP contribution in [0.1, 0.15) is 15.9 Å². The van der Waals surface area contributed by atoms with Gasteiger partial charge in [0.1, 0.15) is 0 Å².